The Balaban J connectivity index is 1.55. The number of nitrogens with zero attached hydrogens (tertiary/aromatic N) is 2. The predicted octanol–water partition coefficient (Wildman–Crippen LogP) is 1.45. The SMILES string of the molecule is CN1CCN(C)[C@@H](CNC(=O)N[C@@H]2CCCOc3ccccc32)C1. The lowest BCUT2D eigenvalue weighted by Gasteiger charge is -2.37. The highest BCUT2D eigenvalue weighted by atomic mass is 16.5. The molecule has 1 saturated heterocycles. The maximum absolute atomic E-state index is 12.4. The zero-order valence-electron chi connectivity index (χ0n) is 14.6. The Hall–Kier alpha value is -1.79. The van der Waals surface area contributed by atoms with Crippen molar-refractivity contribution < 1.29 is 9.53 Å². The Bertz CT molecular complexity index is 566. The third-order valence-electron chi connectivity index (χ3n) is 4.97. The smallest absolute Gasteiger partial charge is 0.315 e. The predicted molar refractivity (Wildman–Crippen MR) is 94.4 cm³/mol. The van der Waals surface area contributed by atoms with E-state index < -0.39 is 0 Å². The van der Waals surface area contributed by atoms with Crippen molar-refractivity contribution in [3.8, 4) is 5.75 Å². The zero-order valence-corrected chi connectivity index (χ0v) is 14.6. The van der Waals surface area contributed by atoms with Crippen LogP contribution in [0.2, 0.25) is 0 Å². The number of hydrogen-bond donors (Lipinski definition) is 2. The minimum absolute atomic E-state index is 0.00968. The first kappa shape index (κ1) is 17.0. The van der Waals surface area contributed by atoms with Crippen LogP contribution in [0.1, 0.15) is 24.4 Å². The van der Waals surface area contributed by atoms with Crippen molar-refractivity contribution in [3.63, 3.8) is 0 Å². The van der Waals surface area contributed by atoms with Crippen LogP contribution >= 0.6 is 0 Å². The number of carbonyl (C=O) groups is 1. The number of benzene rings is 1. The number of fused-ring (bicyclic) bond motifs is 1. The number of hydrogen-bond acceptors (Lipinski definition) is 4. The van der Waals surface area contributed by atoms with Crippen molar-refractivity contribution in [1.29, 1.82) is 0 Å². The molecule has 0 spiro atoms. The molecule has 0 aromatic heterocycles. The molecule has 2 N–H and O–H groups in total. The van der Waals surface area contributed by atoms with Gasteiger partial charge in [-0.3, -0.25) is 4.90 Å². The van der Waals surface area contributed by atoms with Crippen LogP contribution in [0.25, 0.3) is 0 Å². The highest BCUT2D eigenvalue weighted by molar-refractivity contribution is 5.74. The minimum Gasteiger partial charge on any atom is -0.493 e. The van der Waals surface area contributed by atoms with Gasteiger partial charge in [-0.1, -0.05) is 18.2 Å². The molecular formula is C18H28N4O2. The van der Waals surface area contributed by atoms with E-state index in [9.17, 15) is 4.79 Å². The molecular weight excluding hydrogens is 304 g/mol. The van der Waals surface area contributed by atoms with Crippen LogP contribution in [0, 0.1) is 0 Å². The summed E-state index contributed by atoms with van der Waals surface area (Å²) in [6, 6.07) is 8.24. The molecule has 6 heteroatoms. The first-order valence-electron chi connectivity index (χ1n) is 8.78. The summed E-state index contributed by atoms with van der Waals surface area (Å²) in [6.07, 6.45) is 1.84. The normalized spacial score (nSPS) is 25.2. The summed E-state index contributed by atoms with van der Waals surface area (Å²) in [4.78, 5) is 17.0. The number of carbonyl (C=O) groups excluding carboxylic acids is 1. The lowest BCUT2D eigenvalue weighted by Crippen LogP contribution is -2.55. The molecule has 1 aromatic carbocycles. The third kappa shape index (κ3) is 4.19. The molecule has 6 nitrogen and oxygen atoms in total. The summed E-state index contributed by atoms with van der Waals surface area (Å²) in [7, 11) is 4.25. The molecule has 1 aromatic rings. The van der Waals surface area contributed by atoms with Gasteiger partial charge in [0, 0.05) is 37.8 Å². The maximum atomic E-state index is 12.4. The second kappa shape index (κ2) is 7.85. The Morgan fingerprint density at radius 1 is 1.29 bits per heavy atom. The number of piperazine rings is 1. The molecule has 0 bridgehead atoms. The Kier molecular flexibility index (Phi) is 5.58. The first-order chi connectivity index (χ1) is 11.6. The maximum Gasteiger partial charge on any atom is 0.315 e. The van der Waals surface area contributed by atoms with Gasteiger partial charge >= 0.3 is 6.03 Å². The largest absolute Gasteiger partial charge is 0.493 e. The van der Waals surface area contributed by atoms with E-state index in [2.05, 4.69) is 34.5 Å². The molecule has 132 valence electrons. The average Bonchev–Trinajstić information content (AvgIpc) is 2.78. The molecule has 2 atom stereocenters. The van der Waals surface area contributed by atoms with E-state index in [1.54, 1.807) is 0 Å². The summed E-state index contributed by atoms with van der Waals surface area (Å²) in [5.74, 6) is 0.883. The molecule has 24 heavy (non-hydrogen) atoms. The lowest BCUT2D eigenvalue weighted by atomic mass is 10.0. The number of para-hydroxylation sites is 1. The summed E-state index contributed by atoms with van der Waals surface area (Å²) < 4.78 is 5.76. The number of nitrogens with one attached hydrogen (secondary N) is 2. The summed E-state index contributed by atoms with van der Waals surface area (Å²) in [5.41, 5.74) is 1.07. The number of ether oxygens (including phenoxy) is 1. The monoisotopic (exact) mass is 332 g/mol. The molecule has 3 rings (SSSR count). The van der Waals surface area contributed by atoms with Gasteiger partial charge in [0.05, 0.1) is 12.6 Å². The van der Waals surface area contributed by atoms with Crippen LogP contribution in [0.5, 0.6) is 5.75 Å². The highest BCUT2D eigenvalue weighted by Gasteiger charge is 2.24. The van der Waals surface area contributed by atoms with Crippen LogP contribution in [0.4, 0.5) is 4.79 Å². The van der Waals surface area contributed by atoms with E-state index in [-0.39, 0.29) is 12.1 Å². The van der Waals surface area contributed by atoms with Gasteiger partial charge in [-0.05, 0) is 33.0 Å². The van der Waals surface area contributed by atoms with Crippen LogP contribution in [0.15, 0.2) is 24.3 Å². The van der Waals surface area contributed by atoms with E-state index in [1.807, 2.05) is 24.3 Å². The fourth-order valence-corrected chi connectivity index (χ4v) is 3.42. The van der Waals surface area contributed by atoms with Crippen molar-refractivity contribution in [3.05, 3.63) is 29.8 Å². The lowest BCUT2D eigenvalue weighted by molar-refractivity contribution is 0.114. The number of rotatable bonds is 3. The summed E-state index contributed by atoms with van der Waals surface area (Å²) in [6.45, 7) is 4.47. The van der Waals surface area contributed by atoms with Gasteiger partial charge in [0.25, 0.3) is 0 Å². The topological polar surface area (TPSA) is 56.8 Å². The molecule has 2 amide bonds. The van der Waals surface area contributed by atoms with Crippen molar-refractivity contribution in [2.24, 2.45) is 0 Å². The molecule has 0 saturated carbocycles. The van der Waals surface area contributed by atoms with Crippen molar-refractivity contribution >= 4 is 6.03 Å². The van der Waals surface area contributed by atoms with E-state index >= 15 is 0 Å². The molecule has 0 aliphatic carbocycles. The second-order valence-electron chi connectivity index (χ2n) is 6.83. The molecule has 0 radical (unpaired) electrons. The standard InChI is InChI=1S/C18H28N4O2/c1-21-9-10-22(2)14(13-21)12-19-18(23)20-16-7-5-11-24-17-8-4-3-6-15(16)17/h3-4,6,8,14,16H,5,7,9-13H2,1-2H3,(H2,19,20,23)/t14-,16+/m0/s1. The summed E-state index contributed by atoms with van der Waals surface area (Å²) in [5, 5.41) is 6.16. The number of amides is 2. The average molecular weight is 332 g/mol. The molecule has 2 aliphatic rings. The first-order valence-corrected chi connectivity index (χ1v) is 8.78. The number of likely N-dealkylation sites (N-methyl/N-ethyl adjacent to an activating group) is 2. The van der Waals surface area contributed by atoms with Crippen LogP contribution in [-0.2, 0) is 0 Å². The van der Waals surface area contributed by atoms with E-state index in [4.69, 9.17) is 4.74 Å². The molecule has 0 unspecified atom stereocenters. The van der Waals surface area contributed by atoms with Crippen molar-refractivity contribution in [2.45, 2.75) is 24.9 Å². The van der Waals surface area contributed by atoms with Crippen molar-refractivity contribution in [1.82, 2.24) is 20.4 Å². The van der Waals surface area contributed by atoms with Gasteiger partial charge in [-0.2, -0.15) is 0 Å². The van der Waals surface area contributed by atoms with Gasteiger partial charge in [0.15, 0.2) is 0 Å². The van der Waals surface area contributed by atoms with Gasteiger partial charge < -0.3 is 20.3 Å². The van der Waals surface area contributed by atoms with E-state index in [0.717, 1.165) is 43.8 Å². The van der Waals surface area contributed by atoms with Gasteiger partial charge in [-0.15, -0.1) is 0 Å². The van der Waals surface area contributed by atoms with E-state index in [1.165, 1.54) is 0 Å². The third-order valence-corrected chi connectivity index (χ3v) is 4.97. The van der Waals surface area contributed by atoms with Crippen LogP contribution < -0.4 is 15.4 Å². The zero-order chi connectivity index (χ0) is 16.9. The molecule has 1 fully saturated rings. The van der Waals surface area contributed by atoms with Gasteiger partial charge in [0.1, 0.15) is 5.75 Å². The van der Waals surface area contributed by atoms with Gasteiger partial charge in [0.2, 0.25) is 0 Å². The Morgan fingerprint density at radius 2 is 2.12 bits per heavy atom. The fraction of sp³-hybridized carbons (Fsp3) is 0.611. The number of urea groups is 1. The molecule has 2 heterocycles. The fourth-order valence-electron chi connectivity index (χ4n) is 3.42. The van der Waals surface area contributed by atoms with Crippen LogP contribution in [0.3, 0.4) is 0 Å². The van der Waals surface area contributed by atoms with Crippen molar-refractivity contribution in [2.75, 3.05) is 46.9 Å². The molecule has 2 aliphatic heterocycles. The minimum atomic E-state index is -0.0988. The summed E-state index contributed by atoms with van der Waals surface area (Å²) >= 11 is 0. The van der Waals surface area contributed by atoms with Crippen LogP contribution in [-0.4, -0.2) is 68.8 Å². The quantitative estimate of drug-likeness (QED) is 0.880. The second-order valence-corrected chi connectivity index (χ2v) is 6.83. The van der Waals surface area contributed by atoms with E-state index in [0.29, 0.717) is 19.2 Å². The highest BCUT2D eigenvalue weighted by Crippen LogP contribution is 2.30. The Morgan fingerprint density at radius 3 is 3.00 bits per heavy atom. The van der Waals surface area contributed by atoms with Gasteiger partial charge in [-0.25, -0.2) is 4.79 Å². The Labute approximate surface area is 144 Å².